The second kappa shape index (κ2) is 6.59. The quantitative estimate of drug-likeness (QED) is 0.659. The zero-order valence-electron chi connectivity index (χ0n) is 11.7. The molecule has 0 bridgehead atoms. The standard InChI is InChI=1S/C18H17ClN2/c19-18-10-4-9-16(12-18)17-13-20-21(14-17)11-5-8-15-6-2-1-3-7-15/h1-4,6-7,9-10,12-14H,5,8,11H2. The van der Waals surface area contributed by atoms with Crippen molar-refractivity contribution in [1.82, 2.24) is 9.78 Å². The fourth-order valence-corrected chi connectivity index (χ4v) is 2.58. The van der Waals surface area contributed by atoms with Crippen LogP contribution in [-0.2, 0) is 13.0 Å². The molecule has 0 spiro atoms. The van der Waals surface area contributed by atoms with Gasteiger partial charge in [-0.3, -0.25) is 4.68 Å². The van der Waals surface area contributed by atoms with Gasteiger partial charge in [0, 0.05) is 23.3 Å². The van der Waals surface area contributed by atoms with Gasteiger partial charge in [-0.1, -0.05) is 54.1 Å². The van der Waals surface area contributed by atoms with Crippen molar-refractivity contribution in [2.75, 3.05) is 0 Å². The first-order valence-corrected chi connectivity index (χ1v) is 7.51. The van der Waals surface area contributed by atoms with Gasteiger partial charge in [0.25, 0.3) is 0 Å². The number of aromatic nitrogens is 2. The number of halogens is 1. The van der Waals surface area contributed by atoms with E-state index in [1.165, 1.54) is 5.56 Å². The van der Waals surface area contributed by atoms with E-state index in [9.17, 15) is 0 Å². The maximum Gasteiger partial charge on any atom is 0.0568 e. The lowest BCUT2D eigenvalue weighted by Crippen LogP contribution is -1.99. The van der Waals surface area contributed by atoms with Crippen molar-refractivity contribution in [2.24, 2.45) is 0 Å². The average molecular weight is 297 g/mol. The molecule has 0 fully saturated rings. The molecule has 106 valence electrons. The van der Waals surface area contributed by atoms with E-state index in [-0.39, 0.29) is 0 Å². The van der Waals surface area contributed by atoms with Gasteiger partial charge in [0.05, 0.1) is 6.20 Å². The fourth-order valence-electron chi connectivity index (χ4n) is 2.39. The second-order valence-corrected chi connectivity index (χ2v) is 5.53. The molecule has 21 heavy (non-hydrogen) atoms. The number of benzene rings is 2. The Labute approximate surface area is 130 Å². The number of nitrogens with zero attached hydrogens (tertiary/aromatic N) is 2. The van der Waals surface area contributed by atoms with Crippen LogP contribution in [0.5, 0.6) is 0 Å². The van der Waals surface area contributed by atoms with Crippen LogP contribution in [0, 0.1) is 0 Å². The normalized spacial score (nSPS) is 10.7. The van der Waals surface area contributed by atoms with Crippen LogP contribution >= 0.6 is 11.6 Å². The van der Waals surface area contributed by atoms with Gasteiger partial charge in [-0.05, 0) is 36.1 Å². The SMILES string of the molecule is Clc1cccc(-c2cnn(CCCc3ccccc3)c2)c1. The number of aryl methyl sites for hydroxylation is 2. The highest BCUT2D eigenvalue weighted by Gasteiger charge is 2.02. The molecule has 0 aliphatic rings. The lowest BCUT2D eigenvalue weighted by atomic mass is 10.1. The van der Waals surface area contributed by atoms with E-state index in [4.69, 9.17) is 11.6 Å². The van der Waals surface area contributed by atoms with Crippen LogP contribution in [0.4, 0.5) is 0 Å². The molecule has 0 saturated heterocycles. The largest absolute Gasteiger partial charge is 0.272 e. The summed E-state index contributed by atoms with van der Waals surface area (Å²) in [5.74, 6) is 0. The highest BCUT2D eigenvalue weighted by molar-refractivity contribution is 6.30. The van der Waals surface area contributed by atoms with Crippen molar-refractivity contribution in [3.05, 3.63) is 77.6 Å². The first kappa shape index (κ1) is 13.9. The van der Waals surface area contributed by atoms with Crippen LogP contribution in [0.15, 0.2) is 67.0 Å². The highest BCUT2D eigenvalue weighted by Crippen LogP contribution is 2.22. The molecule has 0 unspecified atom stereocenters. The Bertz CT molecular complexity index is 704. The number of rotatable bonds is 5. The van der Waals surface area contributed by atoms with Crippen LogP contribution in [0.2, 0.25) is 5.02 Å². The van der Waals surface area contributed by atoms with Crippen LogP contribution < -0.4 is 0 Å². The molecule has 1 aromatic heterocycles. The molecule has 1 heterocycles. The van der Waals surface area contributed by atoms with E-state index in [1.807, 2.05) is 35.1 Å². The summed E-state index contributed by atoms with van der Waals surface area (Å²) in [6.07, 6.45) is 6.14. The van der Waals surface area contributed by atoms with Gasteiger partial charge in [-0.2, -0.15) is 5.10 Å². The van der Waals surface area contributed by atoms with Crippen molar-refractivity contribution < 1.29 is 0 Å². The summed E-state index contributed by atoms with van der Waals surface area (Å²) in [6, 6.07) is 18.4. The minimum Gasteiger partial charge on any atom is -0.272 e. The van der Waals surface area contributed by atoms with Gasteiger partial charge in [-0.25, -0.2) is 0 Å². The van der Waals surface area contributed by atoms with Crippen molar-refractivity contribution in [3.8, 4) is 11.1 Å². The van der Waals surface area contributed by atoms with Gasteiger partial charge in [0.2, 0.25) is 0 Å². The Morgan fingerprint density at radius 3 is 2.62 bits per heavy atom. The molecule has 3 heteroatoms. The first-order valence-electron chi connectivity index (χ1n) is 7.13. The Hall–Kier alpha value is -2.06. The third-order valence-corrected chi connectivity index (χ3v) is 3.72. The van der Waals surface area contributed by atoms with Gasteiger partial charge in [0.1, 0.15) is 0 Å². The summed E-state index contributed by atoms with van der Waals surface area (Å²) in [7, 11) is 0. The minimum absolute atomic E-state index is 0.754. The molecule has 0 saturated carbocycles. The molecule has 2 nitrogen and oxygen atoms in total. The van der Waals surface area contributed by atoms with Crippen molar-refractivity contribution >= 4 is 11.6 Å². The first-order chi connectivity index (χ1) is 10.3. The minimum atomic E-state index is 0.754. The lowest BCUT2D eigenvalue weighted by molar-refractivity contribution is 0.579. The van der Waals surface area contributed by atoms with E-state index < -0.39 is 0 Å². The summed E-state index contributed by atoms with van der Waals surface area (Å²) in [5.41, 5.74) is 3.59. The summed E-state index contributed by atoms with van der Waals surface area (Å²) in [6.45, 7) is 0.926. The molecule has 2 aromatic carbocycles. The van der Waals surface area contributed by atoms with Gasteiger partial charge < -0.3 is 0 Å². The maximum absolute atomic E-state index is 6.03. The molecular formula is C18H17ClN2. The molecular weight excluding hydrogens is 280 g/mol. The molecule has 0 radical (unpaired) electrons. The maximum atomic E-state index is 6.03. The van der Waals surface area contributed by atoms with Crippen LogP contribution in [-0.4, -0.2) is 9.78 Å². The van der Waals surface area contributed by atoms with E-state index in [0.29, 0.717) is 0 Å². The van der Waals surface area contributed by atoms with E-state index in [2.05, 4.69) is 41.6 Å². The lowest BCUT2D eigenvalue weighted by Gasteiger charge is -2.02. The van der Waals surface area contributed by atoms with E-state index >= 15 is 0 Å². The van der Waals surface area contributed by atoms with Gasteiger partial charge in [0.15, 0.2) is 0 Å². The Morgan fingerprint density at radius 1 is 0.952 bits per heavy atom. The summed E-state index contributed by atoms with van der Waals surface area (Å²) < 4.78 is 2.00. The topological polar surface area (TPSA) is 17.8 Å². The number of hydrogen-bond acceptors (Lipinski definition) is 1. The molecule has 3 rings (SSSR count). The molecule has 3 aromatic rings. The molecule has 0 atom stereocenters. The van der Waals surface area contributed by atoms with Gasteiger partial charge >= 0.3 is 0 Å². The Kier molecular flexibility index (Phi) is 4.37. The van der Waals surface area contributed by atoms with E-state index in [1.54, 1.807) is 0 Å². The van der Waals surface area contributed by atoms with Crippen LogP contribution in [0.3, 0.4) is 0 Å². The Morgan fingerprint density at radius 2 is 1.81 bits per heavy atom. The van der Waals surface area contributed by atoms with Crippen molar-refractivity contribution in [3.63, 3.8) is 0 Å². The third-order valence-electron chi connectivity index (χ3n) is 3.49. The zero-order chi connectivity index (χ0) is 14.5. The van der Waals surface area contributed by atoms with Gasteiger partial charge in [-0.15, -0.1) is 0 Å². The predicted octanol–water partition coefficient (Wildman–Crippen LogP) is 4.84. The summed E-state index contributed by atoms with van der Waals surface area (Å²) >= 11 is 6.03. The van der Waals surface area contributed by atoms with Crippen LogP contribution in [0.25, 0.3) is 11.1 Å². The third kappa shape index (κ3) is 3.73. The predicted molar refractivity (Wildman–Crippen MR) is 87.4 cm³/mol. The smallest absolute Gasteiger partial charge is 0.0568 e. The second-order valence-electron chi connectivity index (χ2n) is 5.09. The zero-order valence-corrected chi connectivity index (χ0v) is 12.5. The van der Waals surface area contributed by atoms with Crippen molar-refractivity contribution in [1.29, 1.82) is 0 Å². The van der Waals surface area contributed by atoms with Crippen molar-refractivity contribution in [2.45, 2.75) is 19.4 Å². The van der Waals surface area contributed by atoms with E-state index in [0.717, 1.165) is 35.5 Å². The molecule has 0 amide bonds. The molecule has 0 aliphatic heterocycles. The summed E-state index contributed by atoms with van der Waals surface area (Å²) in [5, 5.41) is 5.18. The summed E-state index contributed by atoms with van der Waals surface area (Å²) in [4.78, 5) is 0. The highest BCUT2D eigenvalue weighted by atomic mass is 35.5. The monoisotopic (exact) mass is 296 g/mol. The Balaban J connectivity index is 1.60. The fraction of sp³-hybridized carbons (Fsp3) is 0.167. The molecule has 0 aliphatic carbocycles. The average Bonchev–Trinajstić information content (AvgIpc) is 2.97. The number of hydrogen-bond donors (Lipinski definition) is 0. The molecule has 0 N–H and O–H groups in total. The van der Waals surface area contributed by atoms with Crippen LogP contribution in [0.1, 0.15) is 12.0 Å².